The standard InChI is InChI=1S/C7H10O/c1-2-4-7(8)5-3-6-7/h1,8H,3-6H2. The fraction of sp³-hybridized carbons (Fsp3) is 0.714. The lowest BCUT2D eigenvalue weighted by atomic mass is 9.78. The first-order valence-electron chi connectivity index (χ1n) is 2.93. The molecule has 8 heavy (non-hydrogen) atoms. The summed E-state index contributed by atoms with van der Waals surface area (Å²) in [7, 11) is 0. The van der Waals surface area contributed by atoms with Gasteiger partial charge < -0.3 is 5.11 Å². The zero-order valence-electron chi connectivity index (χ0n) is 4.85. The van der Waals surface area contributed by atoms with Crippen LogP contribution in [0.5, 0.6) is 0 Å². The second kappa shape index (κ2) is 1.80. The number of aliphatic hydroxyl groups is 1. The maximum Gasteiger partial charge on any atom is 0.0756 e. The predicted octanol–water partition coefficient (Wildman–Crippen LogP) is 0.925. The van der Waals surface area contributed by atoms with Crippen molar-refractivity contribution in [2.45, 2.75) is 31.3 Å². The van der Waals surface area contributed by atoms with Gasteiger partial charge in [-0.15, -0.1) is 12.3 Å². The highest BCUT2D eigenvalue weighted by molar-refractivity contribution is 4.99. The van der Waals surface area contributed by atoms with Crippen LogP contribution >= 0.6 is 0 Å². The molecule has 0 aromatic carbocycles. The third kappa shape index (κ3) is 0.850. The zero-order valence-corrected chi connectivity index (χ0v) is 4.85. The van der Waals surface area contributed by atoms with Crippen LogP contribution in [-0.2, 0) is 0 Å². The molecule has 1 nitrogen and oxygen atoms in total. The first-order valence-corrected chi connectivity index (χ1v) is 2.93. The Morgan fingerprint density at radius 1 is 1.62 bits per heavy atom. The van der Waals surface area contributed by atoms with Crippen LogP contribution in [0.15, 0.2) is 0 Å². The van der Waals surface area contributed by atoms with Gasteiger partial charge >= 0.3 is 0 Å². The molecule has 0 saturated heterocycles. The summed E-state index contributed by atoms with van der Waals surface area (Å²) >= 11 is 0. The highest BCUT2D eigenvalue weighted by Gasteiger charge is 2.32. The van der Waals surface area contributed by atoms with E-state index in [1.807, 2.05) is 0 Å². The smallest absolute Gasteiger partial charge is 0.0756 e. The Labute approximate surface area is 49.7 Å². The summed E-state index contributed by atoms with van der Waals surface area (Å²) in [5.74, 6) is 2.46. The van der Waals surface area contributed by atoms with Crippen molar-refractivity contribution < 1.29 is 5.11 Å². The SMILES string of the molecule is C#CCC1(O)CCC1. The van der Waals surface area contributed by atoms with Crippen LogP contribution in [-0.4, -0.2) is 10.7 Å². The molecule has 44 valence electrons. The highest BCUT2D eigenvalue weighted by Crippen LogP contribution is 2.33. The molecule has 1 aliphatic carbocycles. The third-order valence-corrected chi connectivity index (χ3v) is 1.72. The molecule has 1 N–H and O–H groups in total. The van der Waals surface area contributed by atoms with Crippen LogP contribution in [0, 0.1) is 12.3 Å². The van der Waals surface area contributed by atoms with Gasteiger partial charge in [0, 0.05) is 6.42 Å². The van der Waals surface area contributed by atoms with E-state index in [4.69, 9.17) is 6.42 Å². The van der Waals surface area contributed by atoms with Gasteiger partial charge in [-0.2, -0.15) is 0 Å². The maximum absolute atomic E-state index is 9.27. The summed E-state index contributed by atoms with van der Waals surface area (Å²) in [6.45, 7) is 0. The van der Waals surface area contributed by atoms with Crippen molar-refractivity contribution in [2.24, 2.45) is 0 Å². The second-order valence-electron chi connectivity index (χ2n) is 2.46. The zero-order chi connectivity index (χ0) is 6.04. The van der Waals surface area contributed by atoms with E-state index < -0.39 is 5.60 Å². The fourth-order valence-corrected chi connectivity index (χ4v) is 0.952. The minimum Gasteiger partial charge on any atom is -0.389 e. The average Bonchev–Trinajstić information content (AvgIpc) is 1.64. The minimum absolute atomic E-state index is 0.464. The van der Waals surface area contributed by atoms with Crippen LogP contribution in [0.25, 0.3) is 0 Å². The lowest BCUT2D eigenvalue weighted by Gasteiger charge is -2.34. The van der Waals surface area contributed by atoms with E-state index in [0.717, 1.165) is 19.3 Å². The quantitative estimate of drug-likeness (QED) is 0.498. The van der Waals surface area contributed by atoms with Crippen LogP contribution in [0.1, 0.15) is 25.7 Å². The van der Waals surface area contributed by atoms with Crippen LogP contribution in [0.3, 0.4) is 0 Å². The average molecular weight is 110 g/mol. The topological polar surface area (TPSA) is 20.2 Å². The molecule has 0 aromatic rings. The molecular weight excluding hydrogens is 100 g/mol. The molecule has 0 bridgehead atoms. The molecule has 0 aliphatic heterocycles. The van der Waals surface area contributed by atoms with E-state index in [2.05, 4.69) is 5.92 Å². The van der Waals surface area contributed by atoms with Crippen molar-refractivity contribution in [1.29, 1.82) is 0 Å². The fourth-order valence-electron chi connectivity index (χ4n) is 0.952. The summed E-state index contributed by atoms with van der Waals surface area (Å²) in [6, 6.07) is 0. The molecule has 1 heteroatoms. The van der Waals surface area contributed by atoms with Crippen molar-refractivity contribution in [3.8, 4) is 12.3 Å². The molecule has 1 aliphatic rings. The molecular formula is C7H10O. The lowest BCUT2D eigenvalue weighted by molar-refractivity contribution is -0.0279. The molecule has 0 spiro atoms. The van der Waals surface area contributed by atoms with Crippen molar-refractivity contribution >= 4 is 0 Å². The van der Waals surface area contributed by atoms with E-state index in [0.29, 0.717) is 6.42 Å². The molecule has 1 saturated carbocycles. The monoisotopic (exact) mass is 110 g/mol. The van der Waals surface area contributed by atoms with Crippen LogP contribution in [0.2, 0.25) is 0 Å². The Morgan fingerprint density at radius 3 is 2.38 bits per heavy atom. The van der Waals surface area contributed by atoms with E-state index in [9.17, 15) is 5.11 Å². The van der Waals surface area contributed by atoms with Crippen molar-refractivity contribution in [3.63, 3.8) is 0 Å². The van der Waals surface area contributed by atoms with Gasteiger partial charge in [0.15, 0.2) is 0 Å². The lowest BCUT2D eigenvalue weighted by Crippen LogP contribution is -2.35. The summed E-state index contributed by atoms with van der Waals surface area (Å²) in [5, 5.41) is 9.27. The molecule has 0 unspecified atom stereocenters. The van der Waals surface area contributed by atoms with Gasteiger partial charge in [-0.1, -0.05) is 0 Å². The maximum atomic E-state index is 9.27. The molecule has 0 aromatic heterocycles. The summed E-state index contributed by atoms with van der Waals surface area (Å²) in [6.07, 6.45) is 8.49. The predicted molar refractivity (Wildman–Crippen MR) is 32.3 cm³/mol. The number of hydrogen-bond acceptors (Lipinski definition) is 1. The highest BCUT2D eigenvalue weighted by atomic mass is 16.3. The molecule has 1 rings (SSSR count). The van der Waals surface area contributed by atoms with Gasteiger partial charge in [0.05, 0.1) is 5.60 Å². The molecule has 0 atom stereocenters. The first kappa shape index (κ1) is 5.65. The summed E-state index contributed by atoms with van der Waals surface area (Å²) < 4.78 is 0. The number of rotatable bonds is 1. The minimum atomic E-state index is -0.464. The Kier molecular flexibility index (Phi) is 1.27. The third-order valence-electron chi connectivity index (χ3n) is 1.72. The van der Waals surface area contributed by atoms with Gasteiger partial charge in [-0.25, -0.2) is 0 Å². The van der Waals surface area contributed by atoms with Crippen molar-refractivity contribution in [1.82, 2.24) is 0 Å². The van der Waals surface area contributed by atoms with E-state index >= 15 is 0 Å². The van der Waals surface area contributed by atoms with Crippen molar-refractivity contribution in [3.05, 3.63) is 0 Å². The Balaban J connectivity index is 2.33. The number of terminal acetylenes is 1. The molecule has 0 radical (unpaired) electrons. The summed E-state index contributed by atoms with van der Waals surface area (Å²) in [5.41, 5.74) is -0.464. The first-order chi connectivity index (χ1) is 3.77. The van der Waals surface area contributed by atoms with E-state index in [-0.39, 0.29) is 0 Å². The Morgan fingerprint density at radius 2 is 2.25 bits per heavy atom. The van der Waals surface area contributed by atoms with Gasteiger partial charge in [-0.3, -0.25) is 0 Å². The molecule has 0 amide bonds. The molecule has 0 heterocycles. The molecule has 1 fully saturated rings. The van der Waals surface area contributed by atoms with Gasteiger partial charge in [0.2, 0.25) is 0 Å². The van der Waals surface area contributed by atoms with Gasteiger partial charge in [0.25, 0.3) is 0 Å². The summed E-state index contributed by atoms with van der Waals surface area (Å²) in [4.78, 5) is 0. The normalized spacial score (nSPS) is 23.5. The second-order valence-corrected chi connectivity index (χ2v) is 2.46. The van der Waals surface area contributed by atoms with Crippen molar-refractivity contribution in [2.75, 3.05) is 0 Å². The Hall–Kier alpha value is -0.480. The van der Waals surface area contributed by atoms with Gasteiger partial charge in [-0.05, 0) is 19.3 Å². The van der Waals surface area contributed by atoms with E-state index in [1.165, 1.54) is 0 Å². The van der Waals surface area contributed by atoms with Crippen LogP contribution < -0.4 is 0 Å². The van der Waals surface area contributed by atoms with E-state index in [1.54, 1.807) is 0 Å². The van der Waals surface area contributed by atoms with Gasteiger partial charge in [0.1, 0.15) is 0 Å². The Bertz CT molecular complexity index is 117. The largest absolute Gasteiger partial charge is 0.389 e. The number of hydrogen-bond donors (Lipinski definition) is 1. The van der Waals surface area contributed by atoms with Crippen LogP contribution in [0.4, 0.5) is 0 Å².